The summed E-state index contributed by atoms with van der Waals surface area (Å²) in [7, 11) is 3.50. The number of benzene rings is 1. The number of amides is 2. The molecule has 1 aliphatic carbocycles. The van der Waals surface area contributed by atoms with Crippen molar-refractivity contribution in [3.63, 3.8) is 0 Å². The van der Waals surface area contributed by atoms with E-state index in [1.54, 1.807) is 37.3 Å². The van der Waals surface area contributed by atoms with Gasteiger partial charge in [-0.1, -0.05) is 6.92 Å². The Morgan fingerprint density at radius 1 is 1.27 bits per heavy atom. The Hall–Kier alpha value is -2.12. The Morgan fingerprint density at radius 2 is 2.00 bits per heavy atom. The summed E-state index contributed by atoms with van der Waals surface area (Å²) >= 11 is 0. The molecule has 3 rings (SSSR count). The molecule has 1 fully saturated rings. The van der Waals surface area contributed by atoms with Crippen molar-refractivity contribution in [1.29, 1.82) is 0 Å². The summed E-state index contributed by atoms with van der Waals surface area (Å²) in [5, 5.41) is 2.75. The highest BCUT2D eigenvalue weighted by molar-refractivity contribution is 5.99. The molecule has 1 aromatic rings. The fourth-order valence-corrected chi connectivity index (χ4v) is 4.02. The zero-order valence-corrected chi connectivity index (χ0v) is 18.8. The van der Waals surface area contributed by atoms with Crippen LogP contribution in [-0.4, -0.2) is 74.2 Å². The molecule has 166 valence electrons. The second kappa shape index (κ2) is 9.79. The first-order valence-corrected chi connectivity index (χ1v) is 10.8. The fraction of sp³-hybridized carbons (Fsp3) is 0.652. The molecular formula is C23H35N3O4. The van der Waals surface area contributed by atoms with Crippen molar-refractivity contribution in [3.05, 3.63) is 23.8 Å². The van der Waals surface area contributed by atoms with Crippen molar-refractivity contribution < 1.29 is 19.1 Å². The highest BCUT2D eigenvalue weighted by Gasteiger charge is 2.31. The van der Waals surface area contributed by atoms with Gasteiger partial charge < -0.3 is 19.7 Å². The minimum absolute atomic E-state index is 0.0600. The first-order chi connectivity index (χ1) is 14.3. The molecule has 1 aromatic carbocycles. The van der Waals surface area contributed by atoms with Gasteiger partial charge in [0.25, 0.3) is 5.91 Å². The Bertz CT molecular complexity index is 765. The quantitative estimate of drug-likeness (QED) is 0.816. The van der Waals surface area contributed by atoms with E-state index < -0.39 is 0 Å². The van der Waals surface area contributed by atoms with Crippen molar-refractivity contribution in [1.82, 2.24) is 9.80 Å². The van der Waals surface area contributed by atoms with Crippen LogP contribution in [0.15, 0.2) is 18.2 Å². The highest BCUT2D eigenvalue weighted by atomic mass is 16.5. The molecule has 1 N–H and O–H groups in total. The van der Waals surface area contributed by atoms with Crippen LogP contribution in [0.2, 0.25) is 0 Å². The Kier molecular flexibility index (Phi) is 7.36. The van der Waals surface area contributed by atoms with Crippen LogP contribution < -0.4 is 10.1 Å². The lowest BCUT2D eigenvalue weighted by Crippen LogP contribution is -2.47. The van der Waals surface area contributed by atoms with Crippen LogP contribution in [0.1, 0.15) is 44.0 Å². The molecule has 0 saturated heterocycles. The third kappa shape index (κ3) is 5.73. The van der Waals surface area contributed by atoms with Gasteiger partial charge in [0, 0.05) is 52.4 Å². The molecule has 1 saturated carbocycles. The van der Waals surface area contributed by atoms with E-state index in [0.717, 1.165) is 19.0 Å². The van der Waals surface area contributed by atoms with E-state index in [2.05, 4.69) is 24.1 Å². The van der Waals surface area contributed by atoms with E-state index >= 15 is 0 Å². The minimum Gasteiger partial charge on any atom is -0.491 e. The minimum atomic E-state index is -0.178. The number of anilines is 1. The fourth-order valence-electron chi connectivity index (χ4n) is 4.02. The van der Waals surface area contributed by atoms with E-state index in [1.807, 2.05) is 0 Å². The largest absolute Gasteiger partial charge is 0.491 e. The predicted octanol–water partition coefficient (Wildman–Crippen LogP) is 2.86. The van der Waals surface area contributed by atoms with Gasteiger partial charge in [-0.2, -0.15) is 0 Å². The van der Waals surface area contributed by atoms with Gasteiger partial charge in [-0.15, -0.1) is 0 Å². The number of hydrogen-bond donors (Lipinski definition) is 1. The Labute approximate surface area is 179 Å². The predicted molar refractivity (Wildman–Crippen MR) is 117 cm³/mol. The first kappa shape index (κ1) is 22.6. The van der Waals surface area contributed by atoms with Gasteiger partial charge in [0.1, 0.15) is 12.4 Å². The normalized spacial score (nSPS) is 26.2. The number of hydrogen-bond acceptors (Lipinski definition) is 5. The third-order valence-corrected chi connectivity index (χ3v) is 6.08. The summed E-state index contributed by atoms with van der Waals surface area (Å²) in [6, 6.07) is 5.46. The maximum absolute atomic E-state index is 13.2. The lowest BCUT2D eigenvalue weighted by atomic mass is 10.0. The molecule has 7 nitrogen and oxygen atoms in total. The van der Waals surface area contributed by atoms with E-state index in [-0.39, 0.29) is 29.9 Å². The van der Waals surface area contributed by atoms with Gasteiger partial charge in [-0.3, -0.25) is 14.5 Å². The number of methoxy groups -OCH3 is 1. The van der Waals surface area contributed by atoms with Crippen LogP contribution in [0.25, 0.3) is 0 Å². The molecule has 0 aromatic heterocycles. The van der Waals surface area contributed by atoms with Crippen molar-refractivity contribution in [3.8, 4) is 5.75 Å². The topological polar surface area (TPSA) is 71.1 Å². The van der Waals surface area contributed by atoms with Crippen LogP contribution >= 0.6 is 0 Å². The van der Waals surface area contributed by atoms with E-state index in [0.29, 0.717) is 30.2 Å². The lowest BCUT2D eigenvalue weighted by molar-refractivity contribution is -0.114. The van der Waals surface area contributed by atoms with Crippen LogP contribution in [0.4, 0.5) is 5.69 Å². The monoisotopic (exact) mass is 417 g/mol. The van der Waals surface area contributed by atoms with Gasteiger partial charge in [0.2, 0.25) is 5.91 Å². The Balaban J connectivity index is 1.91. The van der Waals surface area contributed by atoms with Crippen molar-refractivity contribution in [2.24, 2.45) is 11.8 Å². The highest BCUT2D eigenvalue weighted by Crippen LogP contribution is 2.31. The van der Waals surface area contributed by atoms with Crippen LogP contribution in [0.5, 0.6) is 5.75 Å². The number of fused-ring (bicyclic) bond motifs is 1. The van der Waals surface area contributed by atoms with Crippen LogP contribution in [0, 0.1) is 11.8 Å². The van der Waals surface area contributed by atoms with Gasteiger partial charge in [-0.05, 0) is 49.8 Å². The number of carbonyl (C=O) groups excluding carboxylic acids is 2. The van der Waals surface area contributed by atoms with E-state index in [1.165, 1.54) is 19.8 Å². The molecule has 1 aliphatic heterocycles. The number of ether oxygens (including phenoxy) is 2. The summed E-state index contributed by atoms with van der Waals surface area (Å²) in [5.41, 5.74) is 1.03. The van der Waals surface area contributed by atoms with Gasteiger partial charge in [0.15, 0.2) is 0 Å². The maximum Gasteiger partial charge on any atom is 0.257 e. The summed E-state index contributed by atoms with van der Waals surface area (Å²) in [5.74, 6) is 1.28. The summed E-state index contributed by atoms with van der Waals surface area (Å²) in [6.07, 6.45) is 2.55. The molecule has 7 heteroatoms. The number of nitrogens with zero attached hydrogens (tertiary/aromatic N) is 2. The van der Waals surface area contributed by atoms with Crippen LogP contribution in [0.3, 0.4) is 0 Å². The first-order valence-electron chi connectivity index (χ1n) is 10.8. The van der Waals surface area contributed by atoms with Crippen molar-refractivity contribution in [2.75, 3.05) is 45.7 Å². The molecule has 2 aliphatic rings. The summed E-state index contributed by atoms with van der Waals surface area (Å²) in [6.45, 7) is 8.80. The summed E-state index contributed by atoms with van der Waals surface area (Å²) in [4.78, 5) is 28.9. The number of likely N-dealkylation sites (N-methyl/N-ethyl adjacent to an activating group) is 1. The van der Waals surface area contributed by atoms with E-state index in [4.69, 9.17) is 9.47 Å². The smallest absolute Gasteiger partial charge is 0.257 e. The van der Waals surface area contributed by atoms with E-state index in [9.17, 15) is 9.59 Å². The Morgan fingerprint density at radius 3 is 2.63 bits per heavy atom. The maximum atomic E-state index is 13.2. The second-order valence-electron chi connectivity index (χ2n) is 8.89. The molecular weight excluding hydrogens is 382 g/mol. The van der Waals surface area contributed by atoms with Gasteiger partial charge in [-0.25, -0.2) is 0 Å². The number of rotatable bonds is 4. The lowest BCUT2D eigenvalue weighted by Gasteiger charge is -2.36. The average molecular weight is 418 g/mol. The van der Waals surface area contributed by atoms with Crippen molar-refractivity contribution >= 4 is 17.5 Å². The molecule has 0 spiro atoms. The molecule has 1 heterocycles. The molecule has 30 heavy (non-hydrogen) atoms. The van der Waals surface area contributed by atoms with Crippen LogP contribution in [-0.2, 0) is 9.53 Å². The standard InChI is InChI=1S/C23H35N3O4/c1-15-11-26(12-18-6-7-18)16(2)14-30-21-9-8-19(24-17(3)27)10-20(21)23(28)25(4)13-22(15)29-5/h8-10,15-16,18,22H,6-7,11-14H2,1-5H3,(H,24,27)/t15-,16-,22-/m0/s1. The molecule has 0 bridgehead atoms. The average Bonchev–Trinajstić information content (AvgIpc) is 3.52. The molecule has 0 unspecified atom stereocenters. The summed E-state index contributed by atoms with van der Waals surface area (Å²) < 4.78 is 11.9. The van der Waals surface area contributed by atoms with Gasteiger partial charge >= 0.3 is 0 Å². The molecule has 3 atom stereocenters. The number of nitrogens with one attached hydrogen (secondary N) is 1. The SMILES string of the molecule is CO[C@H]1CN(C)C(=O)c2cc(NC(C)=O)ccc2OC[C@H](C)N(CC2CC2)C[C@@H]1C. The zero-order valence-electron chi connectivity index (χ0n) is 18.8. The van der Waals surface area contributed by atoms with Crippen molar-refractivity contribution in [2.45, 2.75) is 45.8 Å². The molecule has 2 amide bonds. The molecule has 0 radical (unpaired) electrons. The second-order valence-corrected chi connectivity index (χ2v) is 8.89. The zero-order chi connectivity index (χ0) is 21.8. The number of carbonyl (C=O) groups is 2. The third-order valence-electron chi connectivity index (χ3n) is 6.08. The van der Waals surface area contributed by atoms with Gasteiger partial charge in [0.05, 0.1) is 11.7 Å².